The minimum atomic E-state index is -0.847. The van der Waals surface area contributed by atoms with Gasteiger partial charge in [0.25, 0.3) is 0 Å². The highest BCUT2D eigenvalue weighted by atomic mass is 32.2. The molecule has 1 aliphatic carbocycles. The second-order valence-corrected chi connectivity index (χ2v) is 6.98. The summed E-state index contributed by atoms with van der Waals surface area (Å²) < 4.78 is 0. The number of nitrogens with zero attached hydrogens (tertiary/aromatic N) is 1. The van der Waals surface area contributed by atoms with Crippen molar-refractivity contribution in [2.75, 3.05) is 19.8 Å². The first kappa shape index (κ1) is 15.6. The van der Waals surface area contributed by atoms with Gasteiger partial charge in [0.05, 0.1) is 12.1 Å². The molecule has 18 heavy (non-hydrogen) atoms. The third-order valence-electron chi connectivity index (χ3n) is 3.26. The van der Waals surface area contributed by atoms with Crippen LogP contribution in [0, 0.1) is 0 Å². The Morgan fingerprint density at radius 1 is 1.50 bits per heavy atom. The topological polar surface area (TPSA) is 52.6 Å². The summed E-state index contributed by atoms with van der Waals surface area (Å²) in [6, 6.07) is 0.205. The van der Waals surface area contributed by atoms with Crippen LogP contribution in [-0.4, -0.2) is 52.8 Å². The Morgan fingerprint density at radius 2 is 2.17 bits per heavy atom. The number of carbonyl (C=O) groups excluding carboxylic acids is 1. The fourth-order valence-corrected chi connectivity index (χ4v) is 3.25. The summed E-state index contributed by atoms with van der Waals surface area (Å²) in [6.45, 7) is 3.76. The van der Waals surface area contributed by atoms with E-state index >= 15 is 0 Å². The highest BCUT2D eigenvalue weighted by Gasteiger charge is 2.25. The molecule has 0 heterocycles. The van der Waals surface area contributed by atoms with E-state index in [1.807, 2.05) is 11.8 Å². The highest BCUT2D eigenvalue weighted by molar-refractivity contribution is 7.99. The molecule has 4 nitrogen and oxygen atoms in total. The van der Waals surface area contributed by atoms with Crippen molar-refractivity contribution < 1.29 is 9.90 Å². The van der Waals surface area contributed by atoms with E-state index < -0.39 is 5.60 Å². The Hall–Kier alpha value is -0.420. The van der Waals surface area contributed by atoms with E-state index in [0.29, 0.717) is 11.8 Å². The van der Waals surface area contributed by atoms with Crippen LogP contribution in [0.2, 0.25) is 0 Å². The van der Waals surface area contributed by atoms with Gasteiger partial charge in [-0.3, -0.25) is 0 Å². The molecule has 1 aliphatic rings. The number of nitrogens with one attached hydrogen (secondary N) is 1. The number of urea groups is 1. The molecule has 0 aromatic heterocycles. The quantitative estimate of drug-likeness (QED) is 0.825. The Bertz CT molecular complexity index is 279. The van der Waals surface area contributed by atoms with E-state index in [1.54, 1.807) is 25.8 Å². The van der Waals surface area contributed by atoms with Gasteiger partial charge in [-0.15, -0.1) is 0 Å². The minimum Gasteiger partial charge on any atom is -0.389 e. The van der Waals surface area contributed by atoms with E-state index in [0.717, 1.165) is 12.8 Å². The summed E-state index contributed by atoms with van der Waals surface area (Å²) >= 11 is 1.89. The average Bonchev–Trinajstić information content (AvgIpc) is 2.27. The summed E-state index contributed by atoms with van der Waals surface area (Å²) in [6.07, 6.45) is 6.70. The largest absolute Gasteiger partial charge is 0.389 e. The molecule has 0 aromatic carbocycles. The molecule has 0 saturated heterocycles. The molecule has 2 unspecified atom stereocenters. The lowest BCUT2D eigenvalue weighted by molar-refractivity contribution is 0.0526. The van der Waals surface area contributed by atoms with Gasteiger partial charge in [-0.25, -0.2) is 4.79 Å². The van der Waals surface area contributed by atoms with Crippen LogP contribution in [0.3, 0.4) is 0 Å². The minimum absolute atomic E-state index is 0.0797. The maximum Gasteiger partial charge on any atom is 0.317 e. The number of thioether (sulfide) groups is 1. The molecule has 0 aromatic rings. The third kappa shape index (κ3) is 5.48. The smallest absolute Gasteiger partial charge is 0.317 e. The lowest BCUT2D eigenvalue weighted by atomic mass is 9.95. The molecule has 0 spiro atoms. The number of hydrogen-bond donors (Lipinski definition) is 2. The van der Waals surface area contributed by atoms with Crippen molar-refractivity contribution in [2.45, 2.75) is 56.4 Å². The zero-order valence-corrected chi connectivity index (χ0v) is 12.7. The Morgan fingerprint density at radius 3 is 2.72 bits per heavy atom. The molecule has 2 atom stereocenters. The highest BCUT2D eigenvalue weighted by Crippen LogP contribution is 2.26. The number of amides is 2. The van der Waals surface area contributed by atoms with Crippen LogP contribution < -0.4 is 5.32 Å². The SMILES string of the molecule is CSC1CCCC(NC(=O)N(C)CC(C)(C)O)C1. The molecule has 1 rings (SSSR count). The zero-order valence-electron chi connectivity index (χ0n) is 11.9. The third-order valence-corrected chi connectivity index (χ3v) is 4.35. The summed E-state index contributed by atoms with van der Waals surface area (Å²) in [5.74, 6) is 0. The Labute approximate surface area is 115 Å². The van der Waals surface area contributed by atoms with Gasteiger partial charge in [-0.05, 0) is 39.4 Å². The lowest BCUT2D eigenvalue weighted by Gasteiger charge is -2.31. The van der Waals surface area contributed by atoms with Crippen molar-refractivity contribution in [2.24, 2.45) is 0 Å². The summed E-state index contributed by atoms with van der Waals surface area (Å²) in [5.41, 5.74) is -0.847. The molecule has 2 N–H and O–H groups in total. The molecule has 0 bridgehead atoms. The average molecular weight is 274 g/mol. The molecule has 0 radical (unpaired) electrons. The monoisotopic (exact) mass is 274 g/mol. The van der Waals surface area contributed by atoms with Gasteiger partial charge in [0.2, 0.25) is 0 Å². The van der Waals surface area contributed by atoms with Crippen LogP contribution in [-0.2, 0) is 0 Å². The second kappa shape index (κ2) is 6.66. The van der Waals surface area contributed by atoms with Crippen LogP contribution in [0.4, 0.5) is 4.79 Å². The summed E-state index contributed by atoms with van der Waals surface area (Å²) in [5, 5.41) is 13.4. The van der Waals surface area contributed by atoms with Crippen LogP contribution in [0.25, 0.3) is 0 Å². The number of aliphatic hydroxyl groups is 1. The van der Waals surface area contributed by atoms with Gasteiger partial charge >= 0.3 is 6.03 Å². The lowest BCUT2D eigenvalue weighted by Crippen LogP contribution is -2.49. The first-order valence-corrected chi connectivity index (χ1v) is 7.87. The standard InChI is InChI=1S/C13H26N2O2S/c1-13(2,17)9-15(3)12(16)14-10-6-5-7-11(8-10)18-4/h10-11,17H,5-9H2,1-4H3,(H,14,16). The number of rotatable bonds is 4. The normalized spacial score (nSPS) is 24.7. The van der Waals surface area contributed by atoms with E-state index in [-0.39, 0.29) is 12.1 Å². The summed E-state index contributed by atoms with van der Waals surface area (Å²) in [7, 11) is 1.72. The van der Waals surface area contributed by atoms with E-state index in [9.17, 15) is 9.90 Å². The van der Waals surface area contributed by atoms with E-state index in [1.165, 1.54) is 12.8 Å². The van der Waals surface area contributed by atoms with E-state index in [2.05, 4.69) is 11.6 Å². The molecule has 0 aliphatic heterocycles. The van der Waals surface area contributed by atoms with Crippen LogP contribution in [0.5, 0.6) is 0 Å². The van der Waals surface area contributed by atoms with Gasteiger partial charge in [-0.1, -0.05) is 6.42 Å². The van der Waals surface area contributed by atoms with Gasteiger partial charge in [0.15, 0.2) is 0 Å². The van der Waals surface area contributed by atoms with Gasteiger partial charge < -0.3 is 15.3 Å². The summed E-state index contributed by atoms with van der Waals surface area (Å²) in [4.78, 5) is 13.5. The Balaban J connectivity index is 2.39. The molecular weight excluding hydrogens is 248 g/mol. The fourth-order valence-electron chi connectivity index (χ4n) is 2.43. The van der Waals surface area contributed by atoms with Gasteiger partial charge in [0, 0.05) is 18.3 Å². The van der Waals surface area contributed by atoms with Crippen LogP contribution in [0.1, 0.15) is 39.5 Å². The predicted octanol–water partition coefficient (Wildman–Crippen LogP) is 2.07. The number of carbonyl (C=O) groups is 1. The maximum absolute atomic E-state index is 12.0. The van der Waals surface area contributed by atoms with Crippen molar-refractivity contribution in [1.29, 1.82) is 0 Å². The van der Waals surface area contributed by atoms with Gasteiger partial charge in [-0.2, -0.15) is 11.8 Å². The van der Waals surface area contributed by atoms with Crippen molar-refractivity contribution >= 4 is 17.8 Å². The first-order chi connectivity index (χ1) is 8.31. The predicted molar refractivity (Wildman–Crippen MR) is 77.0 cm³/mol. The molecule has 1 saturated carbocycles. The first-order valence-electron chi connectivity index (χ1n) is 6.58. The van der Waals surface area contributed by atoms with Crippen LogP contribution >= 0.6 is 11.8 Å². The number of hydrogen-bond acceptors (Lipinski definition) is 3. The van der Waals surface area contributed by atoms with Crippen molar-refractivity contribution in [3.63, 3.8) is 0 Å². The molecular formula is C13H26N2O2S. The molecule has 1 fully saturated rings. The molecule has 2 amide bonds. The molecule has 106 valence electrons. The maximum atomic E-state index is 12.0. The second-order valence-electron chi connectivity index (χ2n) is 5.84. The number of likely N-dealkylation sites (N-methyl/N-ethyl adjacent to an activating group) is 1. The van der Waals surface area contributed by atoms with E-state index in [4.69, 9.17) is 0 Å². The van der Waals surface area contributed by atoms with Crippen molar-refractivity contribution in [1.82, 2.24) is 10.2 Å². The van der Waals surface area contributed by atoms with Crippen molar-refractivity contribution in [3.8, 4) is 0 Å². The zero-order chi connectivity index (χ0) is 13.8. The van der Waals surface area contributed by atoms with Crippen molar-refractivity contribution in [3.05, 3.63) is 0 Å². The molecule has 5 heteroatoms. The fraction of sp³-hybridized carbons (Fsp3) is 0.923. The van der Waals surface area contributed by atoms with Gasteiger partial charge in [0.1, 0.15) is 0 Å². The van der Waals surface area contributed by atoms with Crippen LogP contribution in [0.15, 0.2) is 0 Å². The Kier molecular flexibility index (Phi) is 5.79.